The third-order valence-electron chi connectivity index (χ3n) is 3.22. The number of aryl methyl sites for hydroxylation is 2. The standard InChI is InChI=1S/C18H17NO2/c1-14-7-10-16(11-8-14)18(20)21-17(13-19)12-9-15-5-3-2-4-6-15/h2-8,10-11,17H,9,12H2,1H3. The fourth-order valence-electron chi connectivity index (χ4n) is 1.98. The van der Waals surface area contributed by atoms with E-state index in [9.17, 15) is 4.79 Å². The number of carbonyl (C=O) groups is 1. The van der Waals surface area contributed by atoms with Gasteiger partial charge in [0.25, 0.3) is 0 Å². The Morgan fingerprint density at radius 1 is 1.14 bits per heavy atom. The first-order chi connectivity index (χ1) is 10.2. The van der Waals surface area contributed by atoms with Crippen LogP contribution in [-0.4, -0.2) is 12.1 Å². The van der Waals surface area contributed by atoms with E-state index in [1.165, 1.54) is 0 Å². The normalized spacial score (nSPS) is 11.4. The van der Waals surface area contributed by atoms with Gasteiger partial charge in [0.05, 0.1) is 5.56 Å². The molecule has 0 aliphatic heterocycles. The van der Waals surface area contributed by atoms with Gasteiger partial charge >= 0.3 is 5.97 Å². The van der Waals surface area contributed by atoms with Gasteiger partial charge in [-0.2, -0.15) is 5.26 Å². The summed E-state index contributed by atoms with van der Waals surface area (Å²) in [5.74, 6) is -0.449. The summed E-state index contributed by atoms with van der Waals surface area (Å²) in [5.41, 5.74) is 2.68. The second kappa shape index (κ2) is 7.25. The molecule has 2 aromatic rings. The molecule has 21 heavy (non-hydrogen) atoms. The van der Waals surface area contributed by atoms with Gasteiger partial charge in [-0.05, 0) is 31.0 Å². The van der Waals surface area contributed by atoms with Crippen molar-refractivity contribution in [3.05, 3.63) is 71.3 Å². The van der Waals surface area contributed by atoms with E-state index < -0.39 is 12.1 Å². The Morgan fingerprint density at radius 2 is 1.81 bits per heavy atom. The number of rotatable bonds is 5. The van der Waals surface area contributed by atoms with E-state index in [1.54, 1.807) is 12.1 Å². The molecule has 2 rings (SSSR count). The summed E-state index contributed by atoms with van der Waals surface area (Å²) >= 11 is 0. The van der Waals surface area contributed by atoms with Gasteiger partial charge in [-0.15, -0.1) is 0 Å². The van der Waals surface area contributed by atoms with Crippen LogP contribution < -0.4 is 0 Å². The van der Waals surface area contributed by atoms with Gasteiger partial charge in [0.15, 0.2) is 6.10 Å². The van der Waals surface area contributed by atoms with Crippen LogP contribution in [0.3, 0.4) is 0 Å². The average Bonchev–Trinajstić information content (AvgIpc) is 2.53. The third kappa shape index (κ3) is 4.47. The van der Waals surface area contributed by atoms with Gasteiger partial charge in [0, 0.05) is 6.42 Å². The highest BCUT2D eigenvalue weighted by molar-refractivity contribution is 5.89. The van der Waals surface area contributed by atoms with Crippen molar-refractivity contribution in [2.75, 3.05) is 0 Å². The summed E-state index contributed by atoms with van der Waals surface area (Å²) in [5, 5.41) is 9.12. The van der Waals surface area contributed by atoms with Crippen LogP contribution in [0.1, 0.15) is 27.9 Å². The molecule has 106 valence electrons. The van der Waals surface area contributed by atoms with Crippen molar-refractivity contribution in [2.24, 2.45) is 0 Å². The van der Waals surface area contributed by atoms with Crippen molar-refractivity contribution < 1.29 is 9.53 Å². The van der Waals surface area contributed by atoms with Crippen molar-refractivity contribution in [3.8, 4) is 6.07 Å². The van der Waals surface area contributed by atoms with Gasteiger partial charge in [-0.3, -0.25) is 0 Å². The topological polar surface area (TPSA) is 50.1 Å². The average molecular weight is 279 g/mol. The van der Waals surface area contributed by atoms with Crippen molar-refractivity contribution in [1.29, 1.82) is 5.26 Å². The lowest BCUT2D eigenvalue weighted by molar-refractivity contribution is 0.0394. The molecule has 3 nitrogen and oxygen atoms in total. The Hall–Kier alpha value is -2.60. The quantitative estimate of drug-likeness (QED) is 0.784. The molecule has 0 amide bonds. The highest BCUT2D eigenvalue weighted by Gasteiger charge is 2.15. The molecule has 0 N–H and O–H groups in total. The maximum absolute atomic E-state index is 12.0. The van der Waals surface area contributed by atoms with Crippen LogP contribution in [0.15, 0.2) is 54.6 Å². The zero-order valence-electron chi connectivity index (χ0n) is 12.0. The molecule has 0 spiro atoms. The van der Waals surface area contributed by atoms with Crippen molar-refractivity contribution >= 4 is 5.97 Å². The minimum atomic E-state index is -0.723. The molecule has 1 unspecified atom stereocenters. The van der Waals surface area contributed by atoms with Crippen LogP contribution in [0, 0.1) is 18.3 Å². The largest absolute Gasteiger partial charge is 0.443 e. The predicted octanol–water partition coefficient (Wildman–Crippen LogP) is 3.68. The van der Waals surface area contributed by atoms with Crippen LogP contribution in [0.4, 0.5) is 0 Å². The van der Waals surface area contributed by atoms with Gasteiger partial charge < -0.3 is 4.74 Å². The predicted molar refractivity (Wildman–Crippen MR) is 80.8 cm³/mol. The lowest BCUT2D eigenvalue weighted by atomic mass is 10.1. The molecule has 0 aliphatic rings. The third-order valence-corrected chi connectivity index (χ3v) is 3.22. The van der Waals surface area contributed by atoms with E-state index in [0.717, 1.165) is 11.1 Å². The minimum Gasteiger partial charge on any atom is -0.443 e. The molecule has 0 aromatic heterocycles. The molecule has 2 aromatic carbocycles. The first kappa shape index (κ1) is 14.8. The van der Waals surface area contributed by atoms with Crippen molar-refractivity contribution in [3.63, 3.8) is 0 Å². The minimum absolute atomic E-state index is 0.449. The summed E-state index contributed by atoms with van der Waals surface area (Å²) in [7, 11) is 0. The van der Waals surface area contributed by atoms with Crippen molar-refractivity contribution in [1.82, 2.24) is 0 Å². The molecule has 0 fully saturated rings. The zero-order valence-corrected chi connectivity index (χ0v) is 12.0. The lowest BCUT2D eigenvalue weighted by Crippen LogP contribution is -2.17. The maximum atomic E-state index is 12.0. The van der Waals surface area contributed by atoms with E-state index in [4.69, 9.17) is 10.00 Å². The molecule has 0 bridgehead atoms. The molecule has 1 atom stereocenters. The molecule has 0 heterocycles. The number of ether oxygens (including phenoxy) is 1. The van der Waals surface area contributed by atoms with E-state index in [-0.39, 0.29) is 0 Å². The SMILES string of the molecule is Cc1ccc(C(=O)OC(C#N)CCc2ccccc2)cc1. The first-order valence-electron chi connectivity index (χ1n) is 6.90. The Kier molecular flexibility index (Phi) is 5.11. The van der Waals surface area contributed by atoms with Crippen LogP contribution in [0.2, 0.25) is 0 Å². The fourth-order valence-corrected chi connectivity index (χ4v) is 1.98. The molecular formula is C18H17NO2. The second-order valence-electron chi connectivity index (χ2n) is 4.91. The molecule has 0 radical (unpaired) electrons. The lowest BCUT2D eigenvalue weighted by Gasteiger charge is -2.11. The number of benzene rings is 2. The van der Waals surface area contributed by atoms with E-state index in [1.807, 2.05) is 55.5 Å². The molecule has 0 aliphatic carbocycles. The number of carbonyl (C=O) groups excluding carboxylic acids is 1. The smallest absolute Gasteiger partial charge is 0.339 e. The summed E-state index contributed by atoms with van der Waals surface area (Å²) in [4.78, 5) is 12.0. The Morgan fingerprint density at radius 3 is 2.43 bits per heavy atom. The van der Waals surface area contributed by atoms with Gasteiger partial charge in [-0.25, -0.2) is 4.79 Å². The number of hydrogen-bond acceptors (Lipinski definition) is 3. The van der Waals surface area contributed by atoms with Crippen LogP contribution in [0.5, 0.6) is 0 Å². The monoisotopic (exact) mass is 279 g/mol. The first-order valence-corrected chi connectivity index (χ1v) is 6.90. The molecular weight excluding hydrogens is 262 g/mol. The van der Waals surface area contributed by atoms with Gasteiger partial charge in [0.2, 0.25) is 0 Å². The number of hydrogen-bond donors (Lipinski definition) is 0. The van der Waals surface area contributed by atoms with Crippen molar-refractivity contribution in [2.45, 2.75) is 25.9 Å². The molecule has 3 heteroatoms. The highest BCUT2D eigenvalue weighted by atomic mass is 16.5. The van der Waals surface area contributed by atoms with Gasteiger partial charge in [-0.1, -0.05) is 48.0 Å². The number of nitriles is 1. The molecule has 0 saturated heterocycles. The molecule has 0 saturated carbocycles. The van der Waals surface area contributed by atoms with Crippen LogP contribution in [0.25, 0.3) is 0 Å². The fraction of sp³-hybridized carbons (Fsp3) is 0.222. The summed E-state index contributed by atoms with van der Waals surface area (Å²) in [6, 6.07) is 19.0. The number of esters is 1. The zero-order chi connectivity index (χ0) is 15.1. The van der Waals surface area contributed by atoms with E-state index >= 15 is 0 Å². The summed E-state index contributed by atoms with van der Waals surface area (Å²) < 4.78 is 5.25. The highest BCUT2D eigenvalue weighted by Crippen LogP contribution is 2.11. The second-order valence-corrected chi connectivity index (χ2v) is 4.91. The Labute approximate surface area is 124 Å². The number of nitrogens with zero attached hydrogens (tertiary/aromatic N) is 1. The van der Waals surface area contributed by atoms with Crippen LogP contribution in [-0.2, 0) is 11.2 Å². The summed E-state index contributed by atoms with van der Waals surface area (Å²) in [6.07, 6.45) is 0.484. The summed E-state index contributed by atoms with van der Waals surface area (Å²) in [6.45, 7) is 1.95. The Balaban J connectivity index is 1.91. The van der Waals surface area contributed by atoms with E-state index in [0.29, 0.717) is 18.4 Å². The van der Waals surface area contributed by atoms with Gasteiger partial charge in [0.1, 0.15) is 6.07 Å². The van der Waals surface area contributed by atoms with Crippen LogP contribution >= 0.6 is 0 Å². The van der Waals surface area contributed by atoms with E-state index in [2.05, 4.69) is 0 Å². The maximum Gasteiger partial charge on any atom is 0.339 e. The Bertz CT molecular complexity index is 627.